The Morgan fingerprint density at radius 1 is 0.702 bits per heavy atom. The van der Waals surface area contributed by atoms with Crippen LogP contribution in [0.3, 0.4) is 0 Å². The summed E-state index contributed by atoms with van der Waals surface area (Å²) < 4.78 is 53.5. The zero-order chi connectivity index (χ0) is 34.9. The lowest BCUT2D eigenvalue weighted by Gasteiger charge is -2.40. The van der Waals surface area contributed by atoms with E-state index in [0.717, 1.165) is 57.8 Å². The molecule has 13 heteroatoms. The summed E-state index contributed by atoms with van der Waals surface area (Å²) in [7, 11) is -4.59. The maximum absolute atomic E-state index is 12.6. The zero-order valence-corrected chi connectivity index (χ0v) is 29.5. The van der Waals surface area contributed by atoms with Gasteiger partial charge in [-0.3, -0.25) is 14.1 Å². The molecule has 1 aliphatic rings. The summed E-state index contributed by atoms with van der Waals surface area (Å²) in [5.41, 5.74) is 0. The number of aliphatic hydroxyl groups excluding tert-OH is 3. The van der Waals surface area contributed by atoms with Gasteiger partial charge in [0.2, 0.25) is 0 Å². The Balaban J connectivity index is 2.57. The number of hydrogen-bond acceptors (Lipinski definition) is 11. The Bertz CT molecular complexity index is 957. The molecular weight excluding hydrogens is 632 g/mol. The number of hydrogen-bond donors (Lipinski definition) is 4. The van der Waals surface area contributed by atoms with Crippen LogP contribution >= 0.6 is 0 Å². The maximum atomic E-state index is 12.6. The molecule has 0 saturated carbocycles. The van der Waals surface area contributed by atoms with Crippen LogP contribution in [0, 0.1) is 0 Å². The monoisotopic (exact) mass is 694 g/mol. The molecule has 0 spiro atoms. The van der Waals surface area contributed by atoms with Crippen molar-refractivity contribution in [2.75, 3.05) is 19.0 Å². The number of esters is 2. The summed E-state index contributed by atoms with van der Waals surface area (Å²) in [6, 6.07) is 0. The molecule has 0 aromatic heterocycles. The van der Waals surface area contributed by atoms with Gasteiger partial charge in [0.05, 0.1) is 6.61 Å². The molecule has 47 heavy (non-hydrogen) atoms. The SMILES string of the molecule is CCCC/C=C/CCCCCCCC(=O)OC[C@H](CO[C@H]1O[C@H](CS(=O)(=O)O)[C@@H](O)C(O)C1O)OC(=O)CCCCCCCCCC. The molecule has 276 valence electrons. The third-order valence-corrected chi connectivity index (χ3v) is 8.85. The van der Waals surface area contributed by atoms with E-state index < -0.39 is 71.2 Å². The van der Waals surface area contributed by atoms with Gasteiger partial charge >= 0.3 is 11.9 Å². The molecule has 1 aliphatic heterocycles. The second-order valence-electron chi connectivity index (χ2n) is 12.5. The first-order valence-corrected chi connectivity index (χ1v) is 19.4. The second-order valence-corrected chi connectivity index (χ2v) is 14.0. The molecule has 1 heterocycles. The van der Waals surface area contributed by atoms with Crippen molar-refractivity contribution in [1.82, 2.24) is 0 Å². The minimum Gasteiger partial charge on any atom is -0.462 e. The molecule has 4 N–H and O–H groups in total. The predicted molar refractivity (Wildman–Crippen MR) is 178 cm³/mol. The highest BCUT2D eigenvalue weighted by Crippen LogP contribution is 2.24. The van der Waals surface area contributed by atoms with Gasteiger partial charge in [-0.25, -0.2) is 0 Å². The molecular formula is C34H62O12S. The lowest BCUT2D eigenvalue weighted by Crippen LogP contribution is -2.60. The Morgan fingerprint density at radius 2 is 1.23 bits per heavy atom. The smallest absolute Gasteiger partial charge is 0.306 e. The van der Waals surface area contributed by atoms with Gasteiger partial charge in [0, 0.05) is 12.8 Å². The minimum absolute atomic E-state index is 0.165. The molecule has 0 aliphatic carbocycles. The minimum atomic E-state index is -4.59. The van der Waals surface area contributed by atoms with Gasteiger partial charge in [-0.05, 0) is 32.1 Å². The summed E-state index contributed by atoms with van der Waals surface area (Å²) in [5, 5.41) is 30.6. The number of ether oxygens (including phenoxy) is 4. The highest BCUT2D eigenvalue weighted by atomic mass is 32.2. The number of rotatable bonds is 28. The summed E-state index contributed by atoms with van der Waals surface area (Å²) in [4.78, 5) is 25.0. The summed E-state index contributed by atoms with van der Waals surface area (Å²) in [5.74, 6) is -2.00. The second kappa shape index (κ2) is 26.3. The zero-order valence-electron chi connectivity index (χ0n) is 28.6. The maximum Gasteiger partial charge on any atom is 0.306 e. The van der Waals surface area contributed by atoms with Crippen LogP contribution in [0.4, 0.5) is 0 Å². The highest BCUT2D eigenvalue weighted by Gasteiger charge is 2.46. The lowest BCUT2D eigenvalue weighted by molar-refractivity contribution is -0.297. The molecule has 1 rings (SSSR count). The summed E-state index contributed by atoms with van der Waals surface area (Å²) >= 11 is 0. The Morgan fingerprint density at radius 3 is 1.83 bits per heavy atom. The van der Waals surface area contributed by atoms with Crippen molar-refractivity contribution < 1.29 is 56.8 Å². The van der Waals surface area contributed by atoms with Gasteiger partial charge in [0.1, 0.15) is 36.8 Å². The molecule has 0 aromatic rings. The first kappa shape index (κ1) is 43.4. The standard InChI is InChI=1S/C34H62O12S/c1-3-5-7-9-11-13-14-15-17-18-20-22-29(35)43-24-27(45-30(36)23-21-19-16-12-10-8-6-4-2)25-44-34-33(39)32(38)31(37)28(46-34)26-47(40,41)42/h9,11,27-28,31-34,37-39H,3-8,10,12-26H2,1-2H3,(H,40,41,42)/b11-9+/t27-,28-,31-,32?,33?,34+/m1/s1. The fourth-order valence-corrected chi connectivity index (χ4v) is 5.93. The van der Waals surface area contributed by atoms with Crippen molar-refractivity contribution in [3.05, 3.63) is 12.2 Å². The van der Waals surface area contributed by atoms with Gasteiger partial charge < -0.3 is 34.3 Å². The molecule has 0 bridgehead atoms. The molecule has 2 unspecified atom stereocenters. The van der Waals surface area contributed by atoms with Crippen molar-refractivity contribution in [2.45, 2.75) is 173 Å². The topological polar surface area (TPSA) is 186 Å². The van der Waals surface area contributed by atoms with Crippen LogP contribution in [-0.2, 0) is 38.7 Å². The number of allylic oxidation sites excluding steroid dienone is 2. The van der Waals surface area contributed by atoms with E-state index in [0.29, 0.717) is 12.8 Å². The van der Waals surface area contributed by atoms with Crippen molar-refractivity contribution >= 4 is 22.1 Å². The van der Waals surface area contributed by atoms with Crippen molar-refractivity contribution in [2.24, 2.45) is 0 Å². The van der Waals surface area contributed by atoms with Crippen molar-refractivity contribution in [3.8, 4) is 0 Å². The first-order valence-electron chi connectivity index (χ1n) is 17.7. The first-order chi connectivity index (χ1) is 22.5. The molecule has 0 radical (unpaired) electrons. The van der Waals surface area contributed by atoms with Crippen molar-refractivity contribution in [3.63, 3.8) is 0 Å². The Kier molecular flexibility index (Phi) is 24.3. The van der Waals surface area contributed by atoms with E-state index in [1.165, 1.54) is 38.5 Å². The Labute approximate surface area is 282 Å². The molecule has 12 nitrogen and oxygen atoms in total. The van der Waals surface area contributed by atoms with Crippen molar-refractivity contribution in [1.29, 1.82) is 0 Å². The van der Waals surface area contributed by atoms with E-state index in [-0.39, 0.29) is 19.4 Å². The highest BCUT2D eigenvalue weighted by molar-refractivity contribution is 7.85. The molecule has 1 saturated heterocycles. The van der Waals surface area contributed by atoms with E-state index in [4.69, 9.17) is 23.5 Å². The number of aliphatic hydroxyl groups is 3. The van der Waals surface area contributed by atoms with Crippen LogP contribution in [0.2, 0.25) is 0 Å². The number of unbranched alkanes of at least 4 members (excludes halogenated alkanes) is 14. The quantitative estimate of drug-likeness (QED) is 0.0365. The van der Waals surface area contributed by atoms with Crippen LogP contribution in [-0.4, -0.2) is 96.0 Å². The van der Waals surface area contributed by atoms with E-state index in [1.54, 1.807) is 0 Å². The van der Waals surface area contributed by atoms with Gasteiger partial charge in [-0.2, -0.15) is 8.42 Å². The largest absolute Gasteiger partial charge is 0.462 e. The van der Waals surface area contributed by atoms with E-state index in [1.807, 2.05) is 0 Å². The van der Waals surface area contributed by atoms with Crippen LogP contribution in [0.15, 0.2) is 12.2 Å². The van der Waals surface area contributed by atoms with Gasteiger partial charge in [-0.1, -0.05) is 103 Å². The molecule has 1 fully saturated rings. The van der Waals surface area contributed by atoms with Gasteiger partial charge in [-0.15, -0.1) is 0 Å². The lowest BCUT2D eigenvalue weighted by atomic mass is 10.00. The normalized spacial score (nSPS) is 22.4. The third kappa shape index (κ3) is 21.9. The Hall–Kier alpha value is -1.61. The average Bonchev–Trinajstić information content (AvgIpc) is 3.02. The fraction of sp³-hybridized carbons (Fsp3) is 0.882. The van der Waals surface area contributed by atoms with Crippen LogP contribution in [0.5, 0.6) is 0 Å². The summed E-state index contributed by atoms with van der Waals surface area (Å²) in [6.45, 7) is 3.63. The van der Waals surface area contributed by atoms with Gasteiger partial charge in [0.15, 0.2) is 12.4 Å². The number of carbonyl (C=O) groups excluding carboxylic acids is 2. The van der Waals surface area contributed by atoms with Crippen LogP contribution in [0.25, 0.3) is 0 Å². The molecule has 6 atom stereocenters. The fourth-order valence-electron chi connectivity index (χ4n) is 5.24. The van der Waals surface area contributed by atoms with Crippen LogP contribution in [0.1, 0.15) is 136 Å². The van der Waals surface area contributed by atoms with E-state index >= 15 is 0 Å². The predicted octanol–water partition coefficient (Wildman–Crippen LogP) is 5.16. The van der Waals surface area contributed by atoms with Crippen LogP contribution < -0.4 is 0 Å². The third-order valence-electron chi connectivity index (χ3n) is 8.10. The molecule has 0 amide bonds. The number of carbonyl (C=O) groups is 2. The van der Waals surface area contributed by atoms with Gasteiger partial charge in [0.25, 0.3) is 10.1 Å². The van der Waals surface area contributed by atoms with E-state index in [9.17, 15) is 33.3 Å². The summed E-state index contributed by atoms with van der Waals surface area (Å²) in [6.07, 6.45) is 13.0. The van der Waals surface area contributed by atoms with E-state index in [2.05, 4.69) is 26.0 Å². The average molecular weight is 695 g/mol. The molecule has 0 aromatic carbocycles.